The molecule has 5 atom stereocenters. The first kappa shape index (κ1) is 35.0. The maximum atomic E-state index is 13.7. The summed E-state index contributed by atoms with van der Waals surface area (Å²) in [5, 5.41) is 0. The number of benzene rings is 2. The molecular formula is C34H41NO10S. The Morgan fingerprint density at radius 3 is 1.96 bits per heavy atom. The van der Waals surface area contributed by atoms with E-state index in [0.29, 0.717) is 17.3 Å². The molecule has 11 nitrogen and oxygen atoms in total. The molecule has 0 radical (unpaired) electrons. The fourth-order valence-corrected chi connectivity index (χ4v) is 6.73. The van der Waals surface area contributed by atoms with Crippen molar-refractivity contribution in [3.8, 4) is 5.75 Å². The molecule has 0 spiro atoms. The molecule has 0 aliphatic carbocycles. The minimum absolute atomic E-state index is 0.191. The van der Waals surface area contributed by atoms with Gasteiger partial charge in [0.2, 0.25) is 0 Å². The number of fused-ring (bicyclic) bond motifs is 1. The summed E-state index contributed by atoms with van der Waals surface area (Å²) in [6.45, 7) is 6.02. The lowest BCUT2D eigenvalue weighted by Gasteiger charge is -2.47. The molecule has 1 fully saturated rings. The summed E-state index contributed by atoms with van der Waals surface area (Å²) in [4.78, 5) is 65.5. The zero-order valence-electron chi connectivity index (χ0n) is 26.6. The molecular weight excluding hydrogens is 614 g/mol. The Morgan fingerprint density at radius 1 is 0.783 bits per heavy atom. The number of amides is 2. The van der Waals surface area contributed by atoms with Gasteiger partial charge in [0.25, 0.3) is 11.8 Å². The van der Waals surface area contributed by atoms with E-state index >= 15 is 0 Å². The number of hydrogen-bond acceptors (Lipinski definition) is 11. The van der Waals surface area contributed by atoms with Gasteiger partial charge >= 0.3 is 17.9 Å². The highest BCUT2D eigenvalue weighted by molar-refractivity contribution is 7.99. The van der Waals surface area contributed by atoms with E-state index < -0.39 is 59.5 Å². The lowest BCUT2D eigenvalue weighted by Crippen LogP contribution is -2.66. The van der Waals surface area contributed by atoms with Gasteiger partial charge in [0.1, 0.15) is 29.9 Å². The molecule has 1 saturated heterocycles. The summed E-state index contributed by atoms with van der Waals surface area (Å²) in [6.07, 6.45) is 3.22. The lowest BCUT2D eigenvalue weighted by molar-refractivity contribution is -0.216. The number of carbonyl (C=O) groups excluding carboxylic acids is 5. The number of nitrogens with zero attached hydrogens (tertiary/aromatic N) is 1. The predicted molar refractivity (Wildman–Crippen MR) is 168 cm³/mol. The zero-order chi connectivity index (χ0) is 33.2. The third-order valence-electron chi connectivity index (χ3n) is 7.64. The molecule has 4 rings (SSSR count). The first-order valence-electron chi connectivity index (χ1n) is 15.6. The Labute approximate surface area is 273 Å². The van der Waals surface area contributed by atoms with E-state index in [1.54, 1.807) is 24.3 Å². The fourth-order valence-electron chi connectivity index (χ4n) is 5.55. The van der Waals surface area contributed by atoms with Crippen molar-refractivity contribution in [3.63, 3.8) is 0 Å². The van der Waals surface area contributed by atoms with Crippen molar-refractivity contribution in [2.24, 2.45) is 0 Å². The van der Waals surface area contributed by atoms with Crippen molar-refractivity contribution >= 4 is 41.5 Å². The first-order chi connectivity index (χ1) is 22.1. The summed E-state index contributed by atoms with van der Waals surface area (Å²) in [5.74, 6) is -2.56. The molecule has 2 heterocycles. The van der Waals surface area contributed by atoms with Gasteiger partial charge in [-0.15, -0.1) is 0 Å². The number of thioether (sulfide) groups is 1. The normalized spacial score (nSPS) is 22.3. The molecule has 248 valence electrons. The molecule has 2 amide bonds. The van der Waals surface area contributed by atoms with E-state index in [2.05, 4.69) is 6.92 Å². The van der Waals surface area contributed by atoms with E-state index in [9.17, 15) is 24.0 Å². The summed E-state index contributed by atoms with van der Waals surface area (Å²) >= 11 is 1.18. The summed E-state index contributed by atoms with van der Waals surface area (Å²) in [6, 6.07) is 12.4. The first-order valence-corrected chi connectivity index (χ1v) is 16.5. The molecule has 0 N–H and O–H groups in total. The lowest BCUT2D eigenvalue weighted by atomic mass is 9.96. The van der Waals surface area contributed by atoms with Crippen LogP contribution in [0.3, 0.4) is 0 Å². The second kappa shape index (κ2) is 16.6. The third-order valence-corrected chi connectivity index (χ3v) is 8.80. The monoisotopic (exact) mass is 655 g/mol. The van der Waals surface area contributed by atoms with Crippen LogP contribution in [0.25, 0.3) is 0 Å². The Morgan fingerprint density at radius 2 is 1.37 bits per heavy atom. The van der Waals surface area contributed by atoms with Crippen LogP contribution in [0.1, 0.15) is 86.9 Å². The summed E-state index contributed by atoms with van der Waals surface area (Å²) in [7, 11) is 0. The molecule has 2 aliphatic heterocycles. The quantitative estimate of drug-likeness (QED) is 0.107. The van der Waals surface area contributed by atoms with Crippen LogP contribution in [-0.4, -0.2) is 77.6 Å². The maximum absolute atomic E-state index is 13.7. The van der Waals surface area contributed by atoms with Gasteiger partial charge in [-0.1, -0.05) is 62.9 Å². The highest BCUT2D eigenvalue weighted by atomic mass is 32.2. The van der Waals surface area contributed by atoms with Crippen LogP contribution in [0.4, 0.5) is 0 Å². The van der Waals surface area contributed by atoms with Gasteiger partial charge < -0.3 is 23.7 Å². The Hall–Kier alpha value is -3.90. The Bertz CT molecular complexity index is 1360. The smallest absolute Gasteiger partial charge is 0.303 e. The molecule has 0 unspecified atom stereocenters. The van der Waals surface area contributed by atoms with Crippen LogP contribution < -0.4 is 4.74 Å². The van der Waals surface area contributed by atoms with Gasteiger partial charge in [-0.2, -0.15) is 0 Å². The van der Waals surface area contributed by atoms with Crippen molar-refractivity contribution in [3.05, 3.63) is 59.7 Å². The predicted octanol–water partition coefficient (Wildman–Crippen LogP) is 5.33. The summed E-state index contributed by atoms with van der Waals surface area (Å²) < 4.78 is 28.8. The molecule has 2 aromatic carbocycles. The number of carbonyl (C=O) groups is 5. The van der Waals surface area contributed by atoms with Gasteiger partial charge in [0.15, 0.2) is 12.2 Å². The SMILES string of the molecule is CCCCCCCCOc1ccc(S[C@H]2O[C@H](COC(C)=O)[C@@H](OC(C)=O)[C@H](OC(C)=O)[C@H]2N2C(=O)c3ccccc3C2=O)cc1. The molecule has 0 saturated carbocycles. The zero-order valence-corrected chi connectivity index (χ0v) is 27.4. The standard InChI is InChI=1S/C34H41NO10S/c1-5-6-7-8-9-12-19-41-24-15-17-25(18-16-24)46-34-29(35-32(39)26-13-10-11-14-27(26)33(35)40)31(44-23(4)38)30(43-22(3)37)28(45-34)20-42-21(2)36/h10-11,13-18,28-31,34H,5-9,12,19-20H2,1-4H3/t28-,29-,30-,31-,34-/m1/s1. The van der Waals surface area contributed by atoms with Gasteiger partial charge in [-0.3, -0.25) is 28.9 Å². The number of ether oxygens (including phenoxy) is 5. The molecule has 0 aromatic heterocycles. The van der Waals surface area contributed by atoms with Crippen molar-refractivity contribution in [2.45, 2.75) is 101 Å². The summed E-state index contributed by atoms with van der Waals surface area (Å²) in [5.41, 5.74) is -0.639. The van der Waals surface area contributed by atoms with Crippen molar-refractivity contribution in [1.82, 2.24) is 4.90 Å². The number of unbranched alkanes of at least 4 members (excludes halogenated alkanes) is 5. The van der Waals surface area contributed by atoms with Gasteiger partial charge in [-0.25, -0.2) is 0 Å². The van der Waals surface area contributed by atoms with E-state index in [-0.39, 0.29) is 17.7 Å². The van der Waals surface area contributed by atoms with Gasteiger partial charge in [0, 0.05) is 25.7 Å². The molecule has 12 heteroatoms. The fraction of sp³-hybridized carbons (Fsp3) is 0.500. The van der Waals surface area contributed by atoms with Crippen molar-refractivity contribution in [1.29, 1.82) is 0 Å². The molecule has 2 aromatic rings. The second-order valence-electron chi connectivity index (χ2n) is 11.2. The number of rotatable bonds is 15. The van der Waals surface area contributed by atoms with E-state index in [1.807, 2.05) is 24.3 Å². The average Bonchev–Trinajstić information content (AvgIpc) is 3.26. The van der Waals surface area contributed by atoms with Crippen LogP contribution in [0.5, 0.6) is 5.75 Å². The largest absolute Gasteiger partial charge is 0.494 e. The van der Waals surface area contributed by atoms with E-state index in [0.717, 1.165) is 17.7 Å². The average molecular weight is 656 g/mol. The topological polar surface area (TPSA) is 135 Å². The highest BCUT2D eigenvalue weighted by Gasteiger charge is 2.57. The van der Waals surface area contributed by atoms with Gasteiger partial charge in [0.05, 0.1) is 17.7 Å². The van der Waals surface area contributed by atoms with Crippen LogP contribution in [0.2, 0.25) is 0 Å². The number of hydrogen-bond donors (Lipinski definition) is 0. The number of imide groups is 1. The second-order valence-corrected chi connectivity index (χ2v) is 12.4. The third kappa shape index (κ3) is 8.88. The molecule has 46 heavy (non-hydrogen) atoms. The highest BCUT2D eigenvalue weighted by Crippen LogP contribution is 2.41. The van der Waals surface area contributed by atoms with Crippen LogP contribution in [0, 0.1) is 0 Å². The van der Waals surface area contributed by atoms with E-state index in [4.69, 9.17) is 23.7 Å². The number of esters is 3. The van der Waals surface area contributed by atoms with Crippen LogP contribution in [-0.2, 0) is 33.3 Å². The molecule has 2 aliphatic rings. The van der Waals surface area contributed by atoms with E-state index in [1.165, 1.54) is 58.2 Å². The Kier molecular flexibility index (Phi) is 12.6. The van der Waals surface area contributed by atoms with Crippen molar-refractivity contribution < 1.29 is 47.7 Å². The van der Waals surface area contributed by atoms with Gasteiger partial charge in [-0.05, 0) is 42.8 Å². The molecule has 0 bridgehead atoms. The Balaban J connectivity index is 1.62. The maximum Gasteiger partial charge on any atom is 0.303 e. The van der Waals surface area contributed by atoms with Crippen LogP contribution >= 0.6 is 11.8 Å². The minimum Gasteiger partial charge on any atom is -0.494 e. The van der Waals surface area contributed by atoms with Crippen LogP contribution in [0.15, 0.2) is 53.4 Å². The van der Waals surface area contributed by atoms with Crippen molar-refractivity contribution in [2.75, 3.05) is 13.2 Å². The minimum atomic E-state index is -1.34.